The van der Waals surface area contributed by atoms with Gasteiger partial charge < -0.3 is 24.1 Å². The van der Waals surface area contributed by atoms with Gasteiger partial charge >= 0.3 is 0 Å². The van der Waals surface area contributed by atoms with Gasteiger partial charge in [-0.1, -0.05) is 82.3 Å². The fourth-order valence-electron chi connectivity index (χ4n) is 7.56. The highest BCUT2D eigenvalue weighted by Gasteiger charge is 2.48. The summed E-state index contributed by atoms with van der Waals surface area (Å²) >= 11 is 0. The molecule has 1 aliphatic carbocycles. The molecule has 0 unspecified atom stereocenters. The van der Waals surface area contributed by atoms with Crippen molar-refractivity contribution in [1.29, 1.82) is 5.26 Å². The smallest absolute Gasteiger partial charge is 0.155 e. The molecule has 0 spiro atoms. The Morgan fingerprint density at radius 3 is 1.96 bits per heavy atom. The van der Waals surface area contributed by atoms with Crippen molar-refractivity contribution in [3.8, 4) is 17.6 Å². The maximum absolute atomic E-state index is 15.1. The molecule has 1 fully saturated rings. The SMILES string of the molecule is COc1ccc(C(OC[C@@H]2C[C@@H](Nc3ccncn3)C[C@@H]2N(CCC#N)P(=O)(C(C)C)C(C)C)(c2ccccc2)c2ccc(OC)cc2)cc1. The maximum atomic E-state index is 15.1. The topological polar surface area (TPSA) is 110 Å². The Bertz CT molecular complexity index is 1670. The van der Waals surface area contributed by atoms with E-state index in [0.29, 0.717) is 19.6 Å². The van der Waals surface area contributed by atoms with Crippen LogP contribution in [0.5, 0.6) is 11.5 Å². The van der Waals surface area contributed by atoms with Crippen LogP contribution >= 0.6 is 7.29 Å². The van der Waals surface area contributed by atoms with Crippen LogP contribution < -0.4 is 14.8 Å². The molecule has 0 radical (unpaired) electrons. The van der Waals surface area contributed by atoms with Gasteiger partial charge in [0.15, 0.2) is 7.29 Å². The van der Waals surface area contributed by atoms with E-state index >= 15 is 4.57 Å². The third-order valence-corrected chi connectivity index (χ3v) is 14.3. The second-order valence-corrected chi connectivity index (χ2v) is 17.4. The summed E-state index contributed by atoms with van der Waals surface area (Å²) in [6, 6.07) is 30.5. The largest absolute Gasteiger partial charge is 0.497 e. The zero-order chi connectivity index (χ0) is 35.7. The lowest BCUT2D eigenvalue weighted by molar-refractivity contribution is -0.0163. The first kappa shape index (κ1) is 37.0. The molecule has 1 heterocycles. The van der Waals surface area contributed by atoms with Crippen molar-refractivity contribution in [2.75, 3.05) is 32.7 Å². The molecule has 264 valence electrons. The fraction of sp³-hybridized carbons (Fsp3) is 0.425. The number of nitrogens with zero attached hydrogens (tertiary/aromatic N) is 4. The average Bonchev–Trinajstić information content (AvgIpc) is 3.54. The van der Waals surface area contributed by atoms with Crippen molar-refractivity contribution >= 4 is 13.1 Å². The minimum Gasteiger partial charge on any atom is -0.497 e. The van der Waals surface area contributed by atoms with Gasteiger partial charge in [0.05, 0.1) is 26.9 Å². The van der Waals surface area contributed by atoms with Gasteiger partial charge in [-0.2, -0.15) is 5.26 Å². The first-order chi connectivity index (χ1) is 24.2. The number of methoxy groups -OCH3 is 2. The molecule has 1 aliphatic rings. The Morgan fingerprint density at radius 1 is 0.880 bits per heavy atom. The number of ether oxygens (including phenoxy) is 3. The molecule has 5 rings (SSSR count). The molecule has 0 aliphatic heterocycles. The molecule has 4 aromatic rings. The van der Waals surface area contributed by atoms with E-state index in [4.69, 9.17) is 14.2 Å². The lowest BCUT2D eigenvalue weighted by Crippen LogP contribution is -2.43. The summed E-state index contributed by atoms with van der Waals surface area (Å²) in [5, 5.41) is 13.4. The molecule has 1 aromatic heterocycles. The summed E-state index contributed by atoms with van der Waals surface area (Å²) in [5.74, 6) is 2.25. The standard InChI is InChI=1S/C40H50N5O4P/c1-29(2)50(46,30(3)4)45(24-10-22-41)38-26-35(44-39-21-23-42-28-43-39)25-31(38)27-49-40(32-11-8-7-9-12-32,33-13-17-36(47-5)18-14-33)34-15-19-37(48-6)20-16-34/h7-9,11-21,23,28-31,35,38H,10,24-27H2,1-6H3,(H,42,43,44)/t31-,35+,38-/m0/s1. The van der Waals surface area contributed by atoms with Crippen LogP contribution in [0.3, 0.4) is 0 Å². The molecule has 9 nitrogen and oxygen atoms in total. The number of anilines is 1. The zero-order valence-corrected chi connectivity index (χ0v) is 30.9. The van der Waals surface area contributed by atoms with Gasteiger partial charge in [0, 0.05) is 48.5 Å². The second kappa shape index (κ2) is 16.7. The van der Waals surface area contributed by atoms with Gasteiger partial charge in [0.1, 0.15) is 29.2 Å². The van der Waals surface area contributed by atoms with Crippen LogP contribution in [0.4, 0.5) is 5.82 Å². The third-order valence-electron chi connectivity index (χ3n) is 10.00. The van der Waals surface area contributed by atoms with Gasteiger partial charge in [-0.3, -0.25) is 0 Å². The van der Waals surface area contributed by atoms with Crippen LogP contribution in [0.25, 0.3) is 0 Å². The Labute approximate surface area is 297 Å². The summed E-state index contributed by atoms with van der Waals surface area (Å²) < 4.78 is 35.8. The first-order valence-corrected chi connectivity index (χ1v) is 19.2. The Balaban J connectivity index is 1.62. The van der Waals surface area contributed by atoms with E-state index in [-0.39, 0.29) is 29.3 Å². The lowest BCUT2D eigenvalue weighted by Gasteiger charge is -2.43. The quantitative estimate of drug-likeness (QED) is 0.0913. The lowest BCUT2D eigenvalue weighted by atomic mass is 9.79. The molecule has 10 heteroatoms. The first-order valence-electron chi connectivity index (χ1n) is 17.4. The van der Waals surface area contributed by atoms with E-state index in [0.717, 1.165) is 46.8 Å². The number of rotatable bonds is 16. The van der Waals surface area contributed by atoms with Crippen molar-refractivity contribution in [2.45, 2.75) is 76.0 Å². The Hall–Kier alpha value is -4.22. The van der Waals surface area contributed by atoms with E-state index in [1.807, 2.05) is 76.2 Å². The van der Waals surface area contributed by atoms with Crippen LogP contribution in [-0.2, 0) is 14.9 Å². The fourth-order valence-corrected chi connectivity index (χ4v) is 11.1. The van der Waals surface area contributed by atoms with Crippen LogP contribution in [0.15, 0.2) is 97.5 Å². The summed E-state index contributed by atoms with van der Waals surface area (Å²) in [4.78, 5) is 8.52. The van der Waals surface area contributed by atoms with E-state index < -0.39 is 12.9 Å². The van der Waals surface area contributed by atoms with Crippen LogP contribution in [0.1, 0.15) is 63.6 Å². The van der Waals surface area contributed by atoms with E-state index in [9.17, 15) is 5.26 Å². The van der Waals surface area contributed by atoms with Gasteiger partial charge in [-0.05, 0) is 59.9 Å². The third kappa shape index (κ3) is 7.73. The van der Waals surface area contributed by atoms with Crippen molar-refractivity contribution in [3.05, 3.63) is 114 Å². The maximum Gasteiger partial charge on any atom is 0.155 e. The van der Waals surface area contributed by atoms with Crippen LogP contribution in [-0.4, -0.2) is 65.4 Å². The number of nitriles is 1. The molecule has 1 N–H and O–H groups in total. The summed E-state index contributed by atoms with van der Waals surface area (Å²) in [7, 11) is 0.417. The molecular weight excluding hydrogens is 645 g/mol. The molecule has 3 atom stereocenters. The van der Waals surface area contributed by atoms with E-state index in [1.54, 1.807) is 20.4 Å². The van der Waals surface area contributed by atoms with Gasteiger partial charge in [0.25, 0.3) is 0 Å². The normalized spacial score (nSPS) is 18.0. The number of aromatic nitrogens is 2. The van der Waals surface area contributed by atoms with Crippen molar-refractivity contribution < 1.29 is 18.8 Å². The van der Waals surface area contributed by atoms with Gasteiger partial charge in [-0.15, -0.1) is 0 Å². The predicted octanol–water partition coefficient (Wildman–Crippen LogP) is 8.37. The number of hydrogen-bond donors (Lipinski definition) is 1. The minimum absolute atomic E-state index is 0.0153. The summed E-state index contributed by atoms with van der Waals surface area (Å²) in [5.41, 5.74) is 1.77. The molecule has 0 bridgehead atoms. The second-order valence-electron chi connectivity index (χ2n) is 13.5. The highest BCUT2D eigenvalue weighted by atomic mass is 31.2. The predicted molar refractivity (Wildman–Crippen MR) is 199 cm³/mol. The monoisotopic (exact) mass is 695 g/mol. The summed E-state index contributed by atoms with van der Waals surface area (Å²) in [6.07, 6.45) is 5.06. The van der Waals surface area contributed by atoms with Crippen LogP contribution in [0.2, 0.25) is 0 Å². The molecule has 1 saturated carbocycles. The van der Waals surface area contributed by atoms with Crippen molar-refractivity contribution in [2.24, 2.45) is 5.92 Å². The molecule has 50 heavy (non-hydrogen) atoms. The number of benzene rings is 3. The van der Waals surface area contributed by atoms with Crippen molar-refractivity contribution in [3.63, 3.8) is 0 Å². The zero-order valence-electron chi connectivity index (χ0n) is 30.0. The number of nitrogens with one attached hydrogen (secondary N) is 1. The molecule has 0 amide bonds. The molecular formula is C40H50N5O4P. The Kier molecular flexibility index (Phi) is 12.3. The van der Waals surface area contributed by atoms with Gasteiger partial charge in [-0.25, -0.2) is 14.6 Å². The van der Waals surface area contributed by atoms with E-state index in [1.165, 1.54) is 6.33 Å². The van der Waals surface area contributed by atoms with Gasteiger partial charge in [0.2, 0.25) is 0 Å². The Morgan fingerprint density at radius 2 is 1.46 bits per heavy atom. The summed E-state index contributed by atoms with van der Waals surface area (Å²) in [6.45, 7) is 9.00. The highest BCUT2D eigenvalue weighted by Crippen LogP contribution is 2.61. The molecule has 0 saturated heterocycles. The van der Waals surface area contributed by atoms with Crippen LogP contribution in [0, 0.1) is 17.2 Å². The van der Waals surface area contributed by atoms with E-state index in [2.05, 4.69) is 62.4 Å². The number of hydrogen-bond acceptors (Lipinski definition) is 8. The highest BCUT2D eigenvalue weighted by molar-refractivity contribution is 7.62. The molecule has 3 aromatic carbocycles. The minimum atomic E-state index is -2.91. The van der Waals surface area contributed by atoms with Crippen molar-refractivity contribution in [1.82, 2.24) is 14.6 Å². The average molecular weight is 696 g/mol.